The molecule has 3 heteroatoms. The van der Waals surface area contributed by atoms with Gasteiger partial charge >= 0.3 is 0 Å². The lowest BCUT2D eigenvalue weighted by Gasteiger charge is -2.58. The molecule has 0 radical (unpaired) electrons. The molecular weight excluding hydrogens is 184 g/mol. The summed E-state index contributed by atoms with van der Waals surface area (Å²) in [6.07, 6.45) is 2.73. The molecule has 4 bridgehead atoms. The fourth-order valence-electron chi connectivity index (χ4n) is 4.54. The fourth-order valence-corrected chi connectivity index (χ4v) is 4.54. The van der Waals surface area contributed by atoms with Crippen LogP contribution in [0.5, 0.6) is 0 Å². The van der Waals surface area contributed by atoms with Gasteiger partial charge in [0.1, 0.15) is 0 Å². The van der Waals surface area contributed by atoms with E-state index < -0.39 is 6.43 Å². The lowest BCUT2D eigenvalue weighted by Crippen LogP contribution is -2.60. The molecule has 0 aromatic rings. The van der Waals surface area contributed by atoms with Crippen LogP contribution in [-0.2, 0) is 0 Å². The molecule has 80 valence electrons. The van der Waals surface area contributed by atoms with Gasteiger partial charge in [-0.1, -0.05) is 0 Å². The second-order valence-electron chi connectivity index (χ2n) is 5.74. The first kappa shape index (κ1) is 9.08. The van der Waals surface area contributed by atoms with Gasteiger partial charge in [-0.05, 0) is 49.9 Å². The van der Waals surface area contributed by atoms with Crippen LogP contribution in [-0.4, -0.2) is 12.0 Å². The summed E-state index contributed by atoms with van der Waals surface area (Å²) in [5.74, 6) is 0.785. The molecule has 0 aliphatic heterocycles. The molecule has 2 N–H and O–H groups in total. The Morgan fingerprint density at radius 2 is 1.64 bits per heavy atom. The Morgan fingerprint density at radius 1 is 1.07 bits per heavy atom. The van der Waals surface area contributed by atoms with Crippen molar-refractivity contribution in [2.75, 3.05) is 0 Å². The van der Waals surface area contributed by atoms with Crippen molar-refractivity contribution >= 4 is 0 Å². The third-order valence-electron chi connectivity index (χ3n) is 4.68. The van der Waals surface area contributed by atoms with Crippen LogP contribution in [0, 0.1) is 23.7 Å². The van der Waals surface area contributed by atoms with Crippen molar-refractivity contribution < 1.29 is 8.78 Å². The molecule has 4 aliphatic carbocycles. The van der Waals surface area contributed by atoms with E-state index in [0.29, 0.717) is 5.92 Å². The minimum absolute atomic E-state index is 0.0676. The van der Waals surface area contributed by atoms with E-state index in [1.807, 2.05) is 0 Å². The Bertz CT molecular complexity index is 238. The van der Waals surface area contributed by atoms with Gasteiger partial charge in [0.2, 0.25) is 6.43 Å². The number of nitrogens with two attached hydrogens (primary N) is 1. The van der Waals surface area contributed by atoms with Gasteiger partial charge in [-0.2, -0.15) is 0 Å². The Morgan fingerprint density at radius 3 is 2.07 bits per heavy atom. The summed E-state index contributed by atoms with van der Waals surface area (Å²) in [5, 5.41) is 0. The molecule has 4 fully saturated rings. The molecule has 1 nitrogen and oxygen atoms in total. The minimum atomic E-state index is -2.12. The maximum absolute atomic E-state index is 12.9. The first-order valence-corrected chi connectivity index (χ1v) is 5.64. The van der Waals surface area contributed by atoms with E-state index in [1.165, 1.54) is 0 Å². The predicted octanol–water partition coefficient (Wildman–Crippen LogP) is 2.41. The molecule has 2 unspecified atom stereocenters. The minimum Gasteiger partial charge on any atom is -0.325 e. The summed E-state index contributed by atoms with van der Waals surface area (Å²) in [6, 6.07) is 0. The van der Waals surface area contributed by atoms with Crippen LogP contribution < -0.4 is 5.73 Å². The van der Waals surface area contributed by atoms with Crippen LogP contribution in [0.2, 0.25) is 0 Å². The van der Waals surface area contributed by atoms with Crippen LogP contribution in [0.25, 0.3) is 0 Å². The monoisotopic (exact) mass is 201 g/mol. The normalized spacial score (nSPS) is 55.7. The van der Waals surface area contributed by atoms with E-state index in [4.69, 9.17) is 5.73 Å². The highest BCUT2D eigenvalue weighted by molar-refractivity contribution is 5.08. The zero-order chi connectivity index (χ0) is 9.92. The van der Waals surface area contributed by atoms with Crippen molar-refractivity contribution in [1.29, 1.82) is 0 Å². The van der Waals surface area contributed by atoms with Gasteiger partial charge in [-0.25, -0.2) is 8.78 Å². The molecule has 0 aromatic carbocycles. The maximum atomic E-state index is 12.9. The predicted molar refractivity (Wildman–Crippen MR) is 50.0 cm³/mol. The molecule has 0 heterocycles. The number of halogens is 2. The molecule has 0 saturated heterocycles. The third kappa shape index (κ3) is 1.14. The van der Waals surface area contributed by atoms with Gasteiger partial charge in [0, 0.05) is 11.5 Å². The summed E-state index contributed by atoms with van der Waals surface area (Å²) in [5.41, 5.74) is 6.17. The molecular formula is C11H17F2N. The van der Waals surface area contributed by atoms with E-state index in [-0.39, 0.29) is 23.3 Å². The van der Waals surface area contributed by atoms with Crippen molar-refractivity contribution in [1.82, 2.24) is 0 Å². The van der Waals surface area contributed by atoms with Crippen LogP contribution in [0.15, 0.2) is 0 Å². The van der Waals surface area contributed by atoms with Gasteiger partial charge in [-0.15, -0.1) is 0 Å². The summed E-state index contributed by atoms with van der Waals surface area (Å²) in [4.78, 5) is 0. The number of rotatable bonds is 1. The van der Waals surface area contributed by atoms with E-state index in [0.717, 1.165) is 32.1 Å². The SMILES string of the molecule is NC12CC3CC(C1)C(C(F)F)C(C3)C2. The highest BCUT2D eigenvalue weighted by atomic mass is 19.3. The first-order valence-electron chi connectivity index (χ1n) is 5.64. The molecule has 0 spiro atoms. The van der Waals surface area contributed by atoms with Gasteiger partial charge < -0.3 is 5.73 Å². The summed E-state index contributed by atoms with van der Waals surface area (Å²) < 4.78 is 25.7. The molecule has 4 rings (SSSR count). The van der Waals surface area contributed by atoms with Gasteiger partial charge in [-0.3, -0.25) is 0 Å². The summed E-state index contributed by atoms with van der Waals surface area (Å²) >= 11 is 0. The Hall–Kier alpha value is -0.180. The summed E-state index contributed by atoms with van der Waals surface area (Å²) in [6.45, 7) is 0. The average molecular weight is 201 g/mol. The number of alkyl halides is 2. The highest BCUT2D eigenvalue weighted by Crippen LogP contribution is 2.58. The van der Waals surface area contributed by atoms with E-state index in [2.05, 4.69) is 0 Å². The van der Waals surface area contributed by atoms with Crippen molar-refractivity contribution in [2.45, 2.75) is 44.1 Å². The molecule has 0 aromatic heterocycles. The van der Waals surface area contributed by atoms with Gasteiger partial charge in [0.25, 0.3) is 0 Å². The molecule has 0 amide bonds. The second kappa shape index (κ2) is 2.69. The van der Waals surface area contributed by atoms with Crippen molar-refractivity contribution in [3.05, 3.63) is 0 Å². The lowest BCUT2D eigenvalue weighted by atomic mass is 9.49. The van der Waals surface area contributed by atoms with Crippen molar-refractivity contribution in [2.24, 2.45) is 29.4 Å². The quantitative estimate of drug-likeness (QED) is 0.692. The summed E-state index contributed by atoms with van der Waals surface area (Å²) in [7, 11) is 0. The van der Waals surface area contributed by atoms with Crippen molar-refractivity contribution in [3.63, 3.8) is 0 Å². The molecule has 14 heavy (non-hydrogen) atoms. The largest absolute Gasteiger partial charge is 0.325 e. The topological polar surface area (TPSA) is 26.0 Å². The first-order chi connectivity index (χ1) is 6.57. The Kier molecular flexibility index (Phi) is 1.74. The van der Waals surface area contributed by atoms with Crippen LogP contribution in [0.1, 0.15) is 32.1 Å². The van der Waals surface area contributed by atoms with Crippen molar-refractivity contribution in [3.8, 4) is 0 Å². The third-order valence-corrected chi connectivity index (χ3v) is 4.68. The van der Waals surface area contributed by atoms with E-state index in [1.54, 1.807) is 0 Å². The highest BCUT2D eigenvalue weighted by Gasteiger charge is 2.55. The smallest absolute Gasteiger partial charge is 0.241 e. The van der Waals surface area contributed by atoms with Gasteiger partial charge in [0.05, 0.1) is 0 Å². The number of hydrogen-bond acceptors (Lipinski definition) is 1. The van der Waals surface area contributed by atoms with E-state index in [9.17, 15) is 8.78 Å². The van der Waals surface area contributed by atoms with Crippen LogP contribution in [0.4, 0.5) is 8.78 Å². The second-order valence-corrected chi connectivity index (χ2v) is 5.74. The molecule has 4 aliphatic rings. The Balaban J connectivity index is 1.89. The van der Waals surface area contributed by atoms with Gasteiger partial charge in [0.15, 0.2) is 0 Å². The maximum Gasteiger partial charge on any atom is 0.241 e. The van der Waals surface area contributed by atoms with Crippen LogP contribution >= 0.6 is 0 Å². The average Bonchev–Trinajstić information content (AvgIpc) is 1.97. The fraction of sp³-hybridized carbons (Fsp3) is 1.00. The number of hydrogen-bond donors (Lipinski definition) is 1. The zero-order valence-electron chi connectivity index (χ0n) is 8.26. The molecule has 4 saturated carbocycles. The standard InChI is InChI=1S/C11H17F2N/c12-10(13)9-7-1-6-2-8(9)5-11(14,3-6)4-7/h6-10H,1-5,14H2. The van der Waals surface area contributed by atoms with Crippen LogP contribution in [0.3, 0.4) is 0 Å². The van der Waals surface area contributed by atoms with E-state index >= 15 is 0 Å². The lowest BCUT2D eigenvalue weighted by molar-refractivity contribution is -0.110. The Labute approximate surface area is 83.0 Å². The molecule has 2 atom stereocenters. The zero-order valence-corrected chi connectivity index (χ0v) is 8.26.